The zero-order chi connectivity index (χ0) is 19.9. The lowest BCUT2D eigenvalue weighted by Gasteiger charge is -2.31. The summed E-state index contributed by atoms with van der Waals surface area (Å²) in [6, 6.07) is 9.88. The van der Waals surface area contributed by atoms with Gasteiger partial charge in [0, 0.05) is 24.3 Å². The van der Waals surface area contributed by atoms with Crippen LogP contribution >= 0.6 is 0 Å². The Morgan fingerprint density at radius 3 is 2.82 bits per heavy atom. The third kappa shape index (κ3) is 4.85. The number of nitrogens with two attached hydrogens (primary N) is 2. The van der Waals surface area contributed by atoms with E-state index in [0.717, 1.165) is 43.7 Å². The van der Waals surface area contributed by atoms with Crippen LogP contribution in [0, 0.1) is 5.41 Å². The van der Waals surface area contributed by atoms with Crippen molar-refractivity contribution in [2.24, 2.45) is 21.5 Å². The molecule has 3 rings (SSSR count). The van der Waals surface area contributed by atoms with Crippen molar-refractivity contribution >= 4 is 23.7 Å². The number of likely N-dealkylation sites (tertiary alicyclic amines) is 1. The quantitative estimate of drug-likeness (QED) is 0.384. The molecule has 0 bridgehead atoms. The molecule has 1 aliphatic heterocycles. The second kappa shape index (κ2) is 9.29. The lowest BCUT2D eigenvalue weighted by molar-refractivity contribution is 0.194. The number of benzene rings is 1. The number of hydrogen-bond acceptors (Lipinski definition) is 4. The summed E-state index contributed by atoms with van der Waals surface area (Å²) in [5, 5.41) is 11.0. The van der Waals surface area contributed by atoms with Crippen molar-refractivity contribution < 1.29 is 0 Å². The van der Waals surface area contributed by atoms with Gasteiger partial charge in [0.2, 0.25) is 0 Å². The maximum atomic E-state index is 7.60. The average Bonchev–Trinajstić information content (AvgIpc) is 3.16. The summed E-state index contributed by atoms with van der Waals surface area (Å²) >= 11 is 0. The first-order valence-corrected chi connectivity index (χ1v) is 9.44. The third-order valence-corrected chi connectivity index (χ3v) is 5.04. The first-order chi connectivity index (χ1) is 13.6. The van der Waals surface area contributed by atoms with E-state index >= 15 is 0 Å². The van der Waals surface area contributed by atoms with Crippen molar-refractivity contribution in [3.8, 4) is 0 Å². The fraction of sp³-hybridized carbons (Fsp3) is 0.350. The summed E-state index contributed by atoms with van der Waals surface area (Å²) in [4.78, 5) is 14.6. The Bertz CT molecular complexity index is 859. The standard InChI is InChI=1S/C20H28N8/c1-24-16-6-9-28(10-7-16)12-15-5-8-25-18(15)20(26-13-21)27-17-4-2-3-14(11-17)19(22)23/h2-5,8,11,13,16,24-25H,6-7,9-10,12H2,1H3,(H3,22,23)(H2,21,26,27). The number of nitrogens with one attached hydrogen (secondary N) is 3. The molecule has 2 aromatic rings. The fourth-order valence-electron chi connectivity index (χ4n) is 3.45. The monoisotopic (exact) mass is 380 g/mol. The van der Waals surface area contributed by atoms with Gasteiger partial charge in [-0.05, 0) is 56.7 Å². The van der Waals surface area contributed by atoms with Crippen LogP contribution in [0.15, 0.2) is 46.5 Å². The van der Waals surface area contributed by atoms with Crippen LogP contribution in [0.2, 0.25) is 0 Å². The maximum Gasteiger partial charge on any atom is 0.178 e. The van der Waals surface area contributed by atoms with Crippen LogP contribution in [0.5, 0.6) is 0 Å². The molecule has 0 atom stereocenters. The van der Waals surface area contributed by atoms with Crippen molar-refractivity contribution in [1.82, 2.24) is 15.2 Å². The normalized spacial score (nSPS) is 16.7. The second-order valence-corrected chi connectivity index (χ2v) is 6.89. The van der Waals surface area contributed by atoms with Gasteiger partial charge in [-0.1, -0.05) is 12.1 Å². The van der Waals surface area contributed by atoms with Crippen LogP contribution in [-0.2, 0) is 6.54 Å². The number of nitrogen functional groups attached to an aromatic ring is 1. The SMILES string of the molecule is CNC1CCN(Cc2cc[nH]c2C(N=CN)=Nc2cccc(C(=N)N)c2)CC1. The molecule has 0 aliphatic carbocycles. The number of rotatable bonds is 6. The lowest BCUT2D eigenvalue weighted by atomic mass is 10.0. The van der Waals surface area contributed by atoms with Crippen LogP contribution in [0.3, 0.4) is 0 Å². The Morgan fingerprint density at radius 2 is 2.14 bits per heavy atom. The molecule has 0 radical (unpaired) electrons. The topological polar surface area (TPSA) is 132 Å². The van der Waals surface area contributed by atoms with E-state index in [1.807, 2.05) is 25.4 Å². The van der Waals surface area contributed by atoms with Gasteiger partial charge in [0.05, 0.1) is 17.7 Å². The van der Waals surface area contributed by atoms with Crippen LogP contribution in [0.4, 0.5) is 5.69 Å². The predicted octanol–water partition coefficient (Wildman–Crippen LogP) is 1.55. The van der Waals surface area contributed by atoms with Gasteiger partial charge in [-0.25, -0.2) is 9.98 Å². The summed E-state index contributed by atoms with van der Waals surface area (Å²) in [5.41, 5.74) is 14.4. The average molecular weight is 381 g/mol. The molecule has 0 spiro atoms. The van der Waals surface area contributed by atoms with Gasteiger partial charge in [-0.3, -0.25) is 10.3 Å². The Hall–Kier alpha value is -2.97. The minimum atomic E-state index is 0.00598. The molecule has 28 heavy (non-hydrogen) atoms. The predicted molar refractivity (Wildman–Crippen MR) is 114 cm³/mol. The number of aromatic amines is 1. The Labute approximate surface area is 165 Å². The largest absolute Gasteiger partial charge is 0.390 e. The molecule has 2 heterocycles. The molecular formula is C20H28N8. The minimum absolute atomic E-state index is 0.00598. The molecule has 1 fully saturated rings. The Balaban J connectivity index is 1.83. The Kier molecular flexibility index (Phi) is 6.57. The van der Waals surface area contributed by atoms with E-state index in [9.17, 15) is 0 Å². The fourth-order valence-corrected chi connectivity index (χ4v) is 3.45. The molecular weight excluding hydrogens is 352 g/mol. The molecule has 148 valence electrons. The van der Waals surface area contributed by atoms with Crippen LogP contribution < -0.4 is 16.8 Å². The summed E-state index contributed by atoms with van der Waals surface area (Å²) in [6.45, 7) is 2.95. The van der Waals surface area contributed by atoms with E-state index in [2.05, 4.69) is 31.3 Å². The maximum absolute atomic E-state index is 7.60. The number of nitrogens with zero attached hydrogens (tertiary/aromatic N) is 3. The molecule has 8 heteroatoms. The van der Waals surface area contributed by atoms with Crippen molar-refractivity contribution in [1.29, 1.82) is 5.41 Å². The molecule has 1 aromatic carbocycles. The molecule has 1 aliphatic rings. The number of aromatic nitrogens is 1. The van der Waals surface area contributed by atoms with E-state index in [-0.39, 0.29) is 5.84 Å². The van der Waals surface area contributed by atoms with Gasteiger partial charge in [0.25, 0.3) is 0 Å². The van der Waals surface area contributed by atoms with Gasteiger partial charge in [-0.15, -0.1) is 0 Å². The molecule has 8 nitrogen and oxygen atoms in total. The highest BCUT2D eigenvalue weighted by atomic mass is 15.1. The molecule has 1 aromatic heterocycles. The number of amidine groups is 2. The molecule has 1 saturated heterocycles. The van der Waals surface area contributed by atoms with E-state index < -0.39 is 0 Å². The van der Waals surface area contributed by atoms with Gasteiger partial charge >= 0.3 is 0 Å². The van der Waals surface area contributed by atoms with E-state index in [0.29, 0.717) is 23.1 Å². The smallest absolute Gasteiger partial charge is 0.178 e. The summed E-state index contributed by atoms with van der Waals surface area (Å²) in [7, 11) is 2.03. The highest BCUT2D eigenvalue weighted by Crippen LogP contribution is 2.20. The van der Waals surface area contributed by atoms with Crippen LogP contribution in [0.1, 0.15) is 29.7 Å². The summed E-state index contributed by atoms with van der Waals surface area (Å²) < 4.78 is 0. The van der Waals surface area contributed by atoms with Gasteiger partial charge < -0.3 is 21.8 Å². The Morgan fingerprint density at radius 1 is 1.36 bits per heavy atom. The van der Waals surface area contributed by atoms with Crippen molar-refractivity contribution in [2.75, 3.05) is 20.1 Å². The number of aliphatic imine (C=N–C) groups is 2. The van der Waals surface area contributed by atoms with Crippen LogP contribution in [0.25, 0.3) is 0 Å². The van der Waals surface area contributed by atoms with Crippen molar-refractivity contribution in [3.05, 3.63) is 53.3 Å². The van der Waals surface area contributed by atoms with Gasteiger partial charge in [0.15, 0.2) is 5.84 Å². The highest BCUT2D eigenvalue weighted by molar-refractivity contribution is 6.04. The van der Waals surface area contributed by atoms with Gasteiger partial charge in [-0.2, -0.15) is 0 Å². The molecule has 7 N–H and O–H groups in total. The first kappa shape index (κ1) is 19.8. The minimum Gasteiger partial charge on any atom is -0.390 e. The van der Waals surface area contributed by atoms with Crippen LogP contribution in [-0.4, -0.2) is 54.1 Å². The van der Waals surface area contributed by atoms with Crippen molar-refractivity contribution in [3.63, 3.8) is 0 Å². The zero-order valence-corrected chi connectivity index (χ0v) is 16.2. The highest BCUT2D eigenvalue weighted by Gasteiger charge is 2.20. The molecule has 0 amide bonds. The van der Waals surface area contributed by atoms with Crippen molar-refractivity contribution in [2.45, 2.75) is 25.4 Å². The number of H-pyrrole nitrogens is 1. The summed E-state index contributed by atoms with van der Waals surface area (Å²) in [6.07, 6.45) is 5.45. The van der Waals surface area contributed by atoms with E-state index in [1.165, 1.54) is 6.34 Å². The zero-order valence-electron chi connectivity index (χ0n) is 16.2. The lowest BCUT2D eigenvalue weighted by Crippen LogP contribution is -2.40. The number of hydrogen-bond donors (Lipinski definition) is 5. The second-order valence-electron chi connectivity index (χ2n) is 6.89. The van der Waals surface area contributed by atoms with Gasteiger partial charge in [0.1, 0.15) is 5.84 Å². The van der Waals surface area contributed by atoms with E-state index in [1.54, 1.807) is 12.1 Å². The third-order valence-electron chi connectivity index (χ3n) is 5.04. The summed E-state index contributed by atoms with van der Waals surface area (Å²) in [5.74, 6) is 0.514. The molecule has 0 saturated carbocycles. The number of piperidine rings is 1. The first-order valence-electron chi connectivity index (χ1n) is 9.44. The van der Waals surface area contributed by atoms with E-state index in [4.69, 9.17) is 16.9 Å². The molecule has 0 unspecified atom stereocenters.